The van der Waals surface area contributed by atoms with Gasteiger partial charge in [0.1, 0.15) is 4.90 Å². The molecule has 0 aliphatic carbocycles. The van der Waals surface area contributed by atoms with Crippen LogP contribution in [0.2, 0.25) is 0 Å². The van der Waals surface area contributed by atoms with E-state index < -0.39 is 10.0 Å². The van der Waals surface area contributed by atoms with Crippen LogP contribution < -0.4 is 10.2 Å². The predicted octanol–water partition coefficient (Wildman–Crippen LogP) is 4.41. The monoisotopic (exact) mass is 441 g/mol. The number of rotatable bonds is 5. The van der Waals surface area contributed by atoms with Crippen LogP contribution in [0.5, 0.6) is 0 Å². The van der Waals surface area contributed by atoms with Crippen molar-refractivity contribution >= 4 is 27.3 Å². The first-order valence-corrected chi connectivity index (χ1v) is 12.7. The predicted molar refractivity (Wildman–Crippen MR) is 124 cm³/mol. The molecule has 2 aliphatic heterocycles. The highest BCUT2D eigenvalue weighted by molar-refractivity contribution is 7.89. The summed E-state index contributed by atoms with van der Waals surface area (Å²) < 4.78 is 28.8. The van der Waals surface area contributed by atoms with E-state index in [0.29, 0.717) is 18.7 Å². The summed E-state index contributed by atoms with van der Waals surface area (Å²) >= 11 is 0. The molecule has 0 saturated carbocycles. The van der Waals surface area contributed by atoms with Gasteiger partial charge in [0.15, 0.2) is 0 Å². The lowest BCUT2D eigenvalue weighted by Gasteiger charge is -2.33. The third-order valence-electron chi connectivity index (χ3n) is 6.24. The van der Waals surface area contributed by atoms with Crippen molar-refractivity contribution in [3.63, 3.8) is 0 Å². The maximum atomic E-state index is 13.6. The minimum Gasteiger partial charge on any atom is -0.370 e. The standard InChI is InChI=1S/C24H31N3O3S/c1-19-10-4-5-11-21(19)25-24(28)20-12-13-22(26-14-6-2-7-15-26)23(18-20)31(29,30)27-16-8-3-9-17-27/h4-5,10-13,18H,2-3,6-9,14-17H2,1H3,(H,25,28). The molecule has 0 aromatic heterocycles. The lowest BCUT2D eigenvalue weighted by molar-refractivity contribution is 0.102. The van der Waals surface area contributed by atoms with Gasteiger partial charge in [-0.3, -0.25) is 4.79 Å². The summed E-state index contributed by atoms with van der Waals surface area (Å²) in [6.45, 7) is 4.71. The first-order valence-electron chi connectivity index (χ1n) is 11.2. The number of hydrogen-bond donors (Lipinski definition) is 1. The van der Waals surface area contributed by atoms with Crippen molar-refractivity contribution in [3.8, 4) is 0 Å². The number of amides is 1. The third-order valence-corrected chi connectivity index (χ3v) is 8.17. The van der Waals surface area contributed by atoms with E-state index in [4.69, 9.17) is 0 Å². The molecule has 2 fully saturated rings. The topological polar surface area (TPSA) is 69.7 Å². The number of para-hydroxylation sites is 1. The molecule has 1 amide bonds. The van der Waals surface area contributed by atoms with Gasteiger partial charge in [-0.2, -0.15) is 4.31 Å². The van der Waals surface area contributed by atoms with E-state index in [0.717, 1.165) is 62.1 Å². The summed E-state index contributed by atoms with van der Waals surface area (Å²) in [5, 5.41) is 2.92. The molecular formula is C24H31N3O3S. The Bertz CT molecular complexity index is 1040. The summed E-state index contributed by atoms with van der Waals surface area (Å²) in [6, 6.07) is 12.7. The van der Waals surface area contributed by atoms with Gasteiger partial charge in [-0.15, -0.1) is 0 Å². The van der Waals surface area contributed by atoms with Crippen molar-refractivity contribution in [2.45, 2.75) is 50.3 Å². The zero-order valence-corrected chi connectivity index (χ0v) is 19.0. The van der Waals surface area contributed by atoms with Crippen molar-refractivity contribution in [1.29, 1.82) is 0 Å². The molecule has 2 aliphatic rings. The largest absolute Gasteiger partial charge is 0.370 e. The third kappa shape index (κ3) is 4.77. The number of nitrogens with one attached hydrogen (secondary N) is 1. The van der Waals surface area contributed by atoms with Crippen LogP contribution in [0, 0.1) is 6.92 Å². The van der Waals surface area contributed by atoms with Gasteiger partial charge in [-0.1, -0.05) is 24.6 Å². The second-order valence-electron chi connectivity index (χ2n) is 8.46. The number of nitrogens with zero attached hydrogens (tertiary/aromatic N) is 2. The van der Waals surface area contributed by atoms with Crippen molar-refractivity contribution in [1.82, 2.24) is 4.31 Å². The van der Waals surface area contributed by atoms with Gasteiger partial charge in [-0.25, -0.2) is 8.42 Å². The van der Waals surface area contributed by atoms with Crippen molar-refractivity contribution < 1.29 is 13.2 Å². The average molecular weight is 442 g/mol. The Hall–Kier alpha value is -2.38. The lowest BCUT2D eigenvalue weighted by Crippen LogP contribution is -2.37. The molecule has 0 atom stereocenters. The number of carbonyl (C=O) groups excluding carboxylic acids is 1. The Labute approximate surface area is 185 Å². The van der Waals surface area contributed by atoms with E-state index in [1.165, 1.54) is 6.42 Å². The van der Waals surface area contributed by atoms with E-state index >= 15 is 0 Å². The fourth-order valence-electron chi connectivity index (χ4n) is 4.41. The smallest absolute Gasteiger partial charge is 0.255 e. The van der Waals surface area contributed by atoms with Crippen molar-refractivity contribution in [2.75, 3.05) is 36.4 Å². The van der Waals surface area contributed by atoms with Gasteiger partial charge in [-0.05, 0) is 68.9 Å². The Balaban J connectivity index is 1.70. The molecule has 2 heterocycles. The molecule has 0 bridgehead atoms. The minimum atomic E-state index is -3.67. The van der Waals surface area contributed by atoms with Crippen LogP contribution in [-0.4, -0.2) is 44.8 Å². The van der Waals surface area contributed by atoms with Crippen LogP contribution in [0.15, 0.2) is 47.4 Å². The summed E-state index contributed by atoms with van der Waals surface area (Å²) in [4.78, 5) is 15.4. The number of aryl methyl sites for hydroxylation is 1. The summed E-state index contributed by atoms with van der Waals surface area (Å²) in [5.41, 5.74) is 2.77. The van der Waals surface area contributed by atoms with Crippen LogP contribution in [0.4, 0.5) is 11.4 Å². The summed E-state index contributed by atoms with van der Waals surface area (Å²) in [7, 11) is -3.67. The van der Waals surface area contributed by atoms with Crippen LogP contribution in [0.3, 0.4) is 0 Å². The van der Waals surface area contributed by atoms with Crippen molar-refractivity contribution in [2.24, 2.45) is 0 Å². The SMILES string of the molecule is Cc1ccccc1NC(=O)c1ccc(N2CCCCC2)c(S(=O)(=O)N2CCCCC2)c1. The number of anilines is 2. The van der Waals surface area contributed by atoms with Gasteiger partial charge in [0, 0.05) is 37.4 Å². The first-order chi connectivity index (χ1) is 15.0. The second-order valence-corrected chi connectivity index (χ2v) is 10.4. The zero-order chi connectivity index (χ0) is 21.8. The van der Waals surface area contributed by atoms with Crippen molar-refractivity contribution in [3.05, 3.63) is 53.6 Å². The highest BCUT2D eigenvalue weighted by Crippen LogP contribution is 2.32. The number of benzene rings is 2. The van der Waals surface area contributed by atoms with Gasteiger partial charge in [0.25, 0.3) is 5.91 Å². The van der Waals surface area contributed by atoms with Gasteiger partial charge in [0.05, 0.1) is 5.69 Å². The molecule has 4 rings (SSSR count). The molecule has 2 aromatic rings. The summed E-state index contributed by atoms with van der Waals surface area (Å²) in [5.74, 6) is -0.297. The molecule has 2 saturated heterocycles. The fourth-order valence-corrected chi connectivity index (χ4v) is 6.16. The molecule has 6 nitrogen and oxygen atoms in total. The normalized spacial score (nSPS) is 18.0. The van der Waals surface area contributed by atoms with E-state index in [1.807, 2.05) is 37.3 Å². The average Bonchev–Trinajstić information content (AvgIpc) is 2.81. The molecule has 2 aromatic carbocycles. The molecular weight excluding hydrogens is 410 g/mol. The molecule has 1 N–H and O–H groups in total. The Kier molecular flexibility index (Phi) is 6.62. The zero-order valence-electron chi connectivity index (χ0n) is 18.1. The van der Waals surface area contributed by atoms with E-state index in [2.05, 4.69) is 10.2 Å². The summed E-state index contributed by atoms with van der Waals surface area (Å²) in [6.07, 6.45) is 6.10. The highest BCUT2D eigenvalue weighted by atomic mass is 32.2. The highest BCUT2D eigenvalue weighted by Gasteiger charge is 2.31. The number of piperidine rings is 2. The molecule has 0 radical (unpaired) electrons. The fraction of sp³-hybridized carbons (Fsp3) is 0.458. The maximum absolute atomic E-state index is 13.6. The molecule has 7 heteroatoms. The first kappa shape index (κ1) is 21.8. The van der Waals surface area contributed by atoms with E-state index in [1.54, 1.807) is 16.4 Å². The minimum absolute atomic E-state index is 0.258. The van der Waals surface area contributed by atoms with Gasteiger partial charge >= 0.3 is 0 Å². The number of carbonyl (C=O) groups is 1. The number of hydrogen-bond acceptors (Lipinski definition) is 4. The van der Waals surface area contributed by atoms with E-state index in [9.17, 15) is 13.2 Å². The lowest BCUT2D eigenvalue weighted by atomic mass is 10.1. The molecule has 166 valence electrons. The quantitative estimate of drug-likeness (QED) is 0.746. The Morgan fingerprint density at radius 3 is 2.19 bits per heavy atom. The van der Waals surface area contributed by atoms with Crippen LogP contribution in [0.1, 0.15) is 54.4 Å². The van der Waals surface area contributed by atoms with E-state index in [-0.39, 0.29) is 10.8 Å². The van der Waals surface area contributed by atoms with Gasteiger partial charge < -0.3 is 10.2 Å². The molecule has 0 unspecified atom stereocenters. The number of sulfonamides is 1. The second kappa shape index (κ2) is 9.40. The van der Waals surface area contributed by atoms with Crippen LogP contribution >= 0.6 is 0 Å². The van der Waals surface area contributed by atoms with Crippen LogP contribution in [0.25, 0.3) is 0 Å². The maximum Gasteiger partial charge on any atom is 0.255 e. The Morgan fingerprint density at radius 1 is 0.871 bits per heavy atom. The van der Waals surface area contributed by atoms with Crippen LogP contribution in [-0.2, 0) is 10.0 Å². The Morgan fingerprint density at radius 2 is 1.52 bits per heavy atom. The molecule has 31 heavy (non-hydrogen) atoms. The molecule has 0 spiro atoms. The van der Waals surface area contributed by atoms with Gasteiger partial charge in [0.2, 0.25) is 10.0 Å².